The van der Waals surface area contributed by atoms with E-state index >= 15 is 0 Å². The van der Waals surface area contributed by atoms with E-state index in [9.17, 15) is 4.79 Å². The van der Waals surface area contributed by atoms with Crippen LogP contribution in [0.3, 0.4) is 0 Å². The molecule has 1 aliphatic rings. The lowest BCUT2D eigenvalue weighted by Crippen LogP contribution is -2.43. The summed E-state index contributed by atoms with van der Waals surface area (Å²) >= 11 is 0. The molecule has 0 unspecified atom stereocenters. The van der Waals surface area contributed by atoms with Crippen molar-refractivity contribution in [1.82, 2.24) is 4.90 Å². The van der Waals surface area contributed by atoms with E-state index in [0.29, 0.717) is 6.54 Å². The summed E-state index contributed by atoms with van der Waals surface area (Å²) in [6.07, 6.45) is 0.920. The molecule has 0 radical (unpaired) electrons. The van der Waals surface area contributed by atoms with Crippen molar-refractivity contribution in [2.75, 3.05) is 19.0 Å². The Morgan fingerprint density at radius 1 is 1.13 bits per heavy atom. The number of carbonyl (C=O) groups excluding carboxylic acids is 1. The van der Waals surface area contributed by atoms with Crippen LogP contribution in [0.1, 0.15) is 18.1 Å². The van der Waals surface area contributed by atoms with Crippen molar-refractivity contribution < 1.29 is 9.53 Å². The van der Waals surface area contributed by atoms with Gasteiger partial charge in [-0.2, -0.15) is 0 Å². The van der Waals surface area contributed by atoms with Gasteiger partial charge >= 0.3 is 0 Å². The van der Waals surface area contributed by atoms with Crippen molar-refractivity contribution >= 4 is 11.6 Å². The number of fused-ring (bicyclic) bond motifs is 1. The summed E-state index contributed by atoms with van der Waals surface area (Å²) in [4.78, 5) is 14.7. The molecule has 1 atom stereocenters. The minimum atomic E-state index is -0.295. The Labute approximate surface area is 137 Å². The van der Waals surface area contributed by atoms with Crippen molar-refractivity contribution in [3.05, 3.63) is 59.7 Å². The number of carbonyl (C=O) groups is 1. The number of hydrogen-bond acceptors (Lipinski definition) is 3. The summed E-state index contributed by atoms with van der Waals surface area (Å²) < 4.78 is 5.33. The zero-order valence-corrected chi connectivity index (χ0v) is 13.6. The molecule has 1 aliphatic heterocycles. The van der Waals surface area contributed by atoms with Gasteiger partial charge in [-0.15, -0.1) is 0 Å². The highest BCUT2D eigenvalue weighted by molar-refractivity contribution is 5.85. The quantitative estimate of drug-likeness (QED) is 0.943. The Balaban J connectivity index is 1.69. The number of rotatable bonds is 4. The van der Waals surface area contributed by atoms with Crippen LogP contribution in [-0.4, -0.2) is 30.5 Å². The molecule has 4 heteroatoms. The SMILES string of the molecule is COc1ccccc1N[C@@H](C)C(=O)N1CCc2ccccc2C1. The minimum absolute atomic E-state index is 0.116. The second-order valence-corrected chi connectivity index (χ2v) is 5.84. The molecule has 0 bridgehead atoms. The second-order valence-electron chi connectivity index (χ2n) is 5.84. The van der Waals surface area contributed by atoms with Gasteiger partial charge in [0.15, 0.2) is 0 Å². The van der Waals surface area contributed by atoms with Crippen molar-refractivity contribution in [2.45, 2.75) is 25.9 Å². The predicted octanol–water partition coefficient (Wildman–Crippen LogP) is 3.08. The van der Waals surface area contributed by atoms with Crippen LogP contribution in [0.2, 0.25) is 0 Å². The Morgan fingerprint density at radius 2 is 1.83 bits per heavy atom. The zero-order valence-electron chi connectivity index (χ0n) is 13.6. The number of para-hydroxylation sites is 2. The fraction of sp³-hybridized carbons (Fsp3) is 0.316. The van der Waals surface area contributed by atoms with E-state index in [-0.39, 0.29) is 11.9 Å². The van der Waals surface area contributed by atoms with E-state index in [1.807, 2.05) is 42.2 Å². The molecule has 2 aromatic carbocycles. The van der Waals surface area contributed by atoms with Gasteiger partial charge in [-0.25, -0.2) is 0 Å². The molecule has 120 valence electrons. The smallest absolute Gasteiger partial charge is 0.245 e. The van der Waals surface area contributed by atoms with Crippen LogP contribution in [-0.2, 0) is 17.8 Å². The maximum Gasteiger partial charge on any atom is 0.245 e. The first-order valence-corrected chi connectivity index (χ1v) is 7.94. The summed E-state index contributed by atoms with van der Waals surface area (Å²) in [5.41, 5.74) is 3.44. The lowest BCUT2D eigenvalue weighted by Gasteiger charge is -2.31. The summed E-state index contributed by atoms with van der Waals surface area (Å²) in [5, 5.41) is 3.27. The standard InChI is InChI=1S/C19H22N2O2/c1-14(20-17-9-5-6-10-18(17)23-2)19(22)21-12-11-15-7-3-4-8-16(15)13-21/h3-10,14,20H,11-13H2,1-2H3/t14-/m0/s1. The van der Waals surface area contributed by atoms with E-state index in [2.05, 4.69) is 23.5 Å². The fourth-order valence-corrected chi connectivity index (χ4v) is 3.02. The number of methoxy groups -OCH3 is 1. The molecule has 4 nitrogen and oxygen atoms in total. The van der Waals surface area contributed by atoms with Crippen LogP contribution in [0.5, 0.6) is 5.75 Å². The normalized spacial score (nSPS) is 14.8. The first-order valence-electron chi connectivity index (χ1n) is 7.94. The van der Waals surface area contributed by atoms with Crippen molar-refractivity contribution in [1.29, 1.82) is 0 Å². The summed E-state index contributed by atoms with van der Waals surface area (Å²) in [6.45, 7) is 3.36. The molecule has 0 saturated carbocycles. The Hall–Kier alpha value is -2.49. The highest BCUT2D eigenvalue weighted by Gasteiger charge is 2.24. The van der Waals surface area contributed by atoms with Gasteiger partial charge in [-0.05, 0) is 36.6 Å². The molecule has 1 heterocycles. The van der Waals surface area contributed by atoms with Gasteiger partial charge in [-0.3, -0.25) is 4.79 Å². The lowest BCUT2D eigenvalue weighted by atomic mass is 9.99. The first kappa shape index (κ1) is 15.4. The van der Waals surface area contributed by atoms with E-state index in [4.69, 9.17) is 4.74 Å². The van der Waals surface area contributed by atoms with E-state index in [0.717, 1.165) is 24.4 Å². The second kappa shape index (κ2) is 6.73. The van der Waals surface area contributed by atoms with Gasteiger partial charge in [0.05, 0.1) is 12.8 Å². The fourth-order valence-electron chi connectivity index (χ4n) is 3.02. The molecular formula is C19H22N2O2. The maximum absolute atomic E-state index is 12.7. The molecule has 0 saturated heterocycles. The van der Waals surface area contributed by atoms with Crippen LogP contribution in [0.15, 0.2) is 48.5 Å². The Bertz CT molecular complexity index is 699. The van der Waals surface area contributed by atoms with Crippen molar-refractivity contribution in [3.8, 4) is 5.75 Å². The molecule has 0 aliphatic carbocycles. The summed E-state index contributed by atoms with van der Waals surface area (Å²) in [5.74, 6) is 0.863. The van der Waals surface area contributed by atoms with Crippen LogP contribution < -0.4 is 10.1 Å². The number of anilines is 1. The van der Waals surface area contributed by atoms with Crippen molar-refractivity contribution in [3.63, 3.8) is 0 Å². The van der Waals surface area contributed by atoms with Gasteiger partial charge < -0.3 is 15.0 Å². The lowest BCUT2D eigenvalue weighted by molar-refractivity contribution is -0.132. The number of ether oxygens (including phenoxy) is 1. The molecule has 1 amide bonds. The molecular weight excluding hydrogens is 288 g/mol. The molecule has 0 spiro atoms. The summed E-state index contributed by atoms with van der Waals surface area (Å²) in [7, 11) is 1.63. The van der Waals surface area contributed by atoms with Gasteiger partial charge in [0, 0.05) is 13.1 Å². The highest BCUT2D eigenvalue weighted by Crippen LogP contribution is 2.25. The molecule has 0 aromatic heterocycles. The maximum atomic E-state index is 12.7. The third kappa shape index (κ3) is 3.31. The average molecular weight is 310 g/mol. The number of hydrogen-bond donors (Lipinski definition) is 1. The number of nitrogens with zero attached hydrogens (tertiary/aromatic N) is 1. The number of benzene rings is 2. The van der Waals surface area contributed by atoms with E-state index in [1.54, 1.807) is 7.11 Å². The Kier molecular flexibility index (Phi) is 4.51. The van der Waals surface area contributed by atoms with Gasteiger partial charge in [0.25, 0.3) is 0 Å². The van der Waals surface area contributed by atoms with Crippen molar-refractivity contribution in [2.24, 2.45) is 0 Å². The monoisotopic (exact) mass is 310 g/mol. The first-order chi connectivity index (χ1) is 11.2. The zero-order chi connectivity index (χ0) is 16.2. The van der Waals surface area contributed by atoms with Crippen LogP contribution >= 0.6 is 0 Å². The predicted molar refractivity (Wildman–Crippen MR) is 91.6 cm³/mol. The third-order valence-corrected chi connectivity index (χ3v) is 4.29. The summed E-state index contributed by atoms with van der Waals surface area (Å²) in [6, 6.07) is 15.7. The molecule has 3 rings (SSSR count). The van der Waals surface area contributed by atoms with Crippen LogP contribution in [0.4, 0.5) is 5.69 Å². The molecule has 1 N–H and O–H groups in total. The topological polar surface area (TPSA) is 41.6 Å². The highest BCUT2D eigenvalue weighted by atomic mass is 16.5. The average Bonchev–Trinajstić information content (AvgIpc) is 2.61. The third-order valence-electron chi connectivity index (χ3n) is 4.29. The number of amides is 1. The van der Waals surface area contributed by atoms with Crippen LogP contribution in [0, 0.1) is 0 Å². The molecule has 0 fully saturated rings. The van der Waals surface area contributed by atoms with Gasteiger partial charge in [-0.1, -0.05) is 36.4 Å². The minimum Gasteiger partial charge on any atom is -0.495 e. The van der Waals surface area contributed by atoms with E-state index < -0.39 is 0 Å². The van der Waals surface area contributed by atoms with Gasteiger partial charge in [0.2, 0.25) is 5.91 Å². The Morgan fingerprint density at radius 3 is 2.61 bits per heavy atom. The van der Waals surface area contributed by atoms with Gasteiger partial charge in [0.1, 0.15) is 11.8 Å². The molecule has 2 aromatic rings. The largest absolute Gasteiger partial charge is 0.495 e. The molecule has 23 heavy (non-hydrogen) atoms. The number of nitrogens with one attached hydrogen (secondary N) is 1. The van der Waals surface area contributed by atoms with Crippen LogP contribution in [0.25, 0.3) is 0 Å². The van der Waals surface area contributed by atoms with E-state index in [1.165, 1.54) is 11.1 Å².